The minimum atomic E-state index is -0.987. The number of alkyl halides is 1. The third kappa shape index (κ3) is 4.20. The molecule has 1 aromatic carbocycles. The number of amides is 1. The van der Waals surface area contributed by atoms with Crippen LogP contribution in [0.2, 0.25) is 0 Å². The summed E-state index contributed by atoms with van der Waals surface area (Å²) in [5.41, 5.74) is -0.827. The summed E-state index contributed by atoms with van der Waals surface area (Å²) in [6.45, 7) is 8.21. The van der Waals surface area contributed by atoms with Gasteiger partial charge in [-0.25, -0.2) is 4.79 Å². The summed E-state index contributed by atoms with van der Waals surface area (Å²) in [5, 5.41) is 2.73. The smallest absolute Gasteiger partial charge is 0.410 e. The summed E-state index contributed by atoms with van der Waals surface area (Å²) in [4.78, 5) is 24.2. The zero-order valence-corrected chi connectivity index (χ0v) is 12.8. The number of hydrogen-bond donors (Lipinski definition) is 0. The molecule has 0 N–H and O–H groups in total. The van der Waals surface area contributed by atoms with Crippen molar-refractivity contribution in [2.45, 2.75) is 38.7 Å². The molecule has 0 aliphatic heterocycles. The number of ether oxygens (including phenoxy) is 1. The number of rotatable bonds is 4. The van der Waals surface area contributed by atoms with Gasteiger partial charge in [0.1, 0.15) is 5.75 Å². The Labute approximate surface area is 123 Å². The van der Waals surface area contributed by atoms with Crippen molar-refractivity contribution >= 4 is 17.7 Å². The Morgan fingerprint density at radius 2 is 2.10 bits per heavy atom. The highest BCUT2D eigenvalue weighted by Crippen LogP contribution is 2.25. The zero-order chi connectivity index (χ0) is 15.3. The van der Waals surface area contributed by atoms with Crippen LogP contribution in [0.4, 0.5) is 4.79 Å². The van der Waals surface area contributed by atoms with Gasteiger partial charge in [0.05, 0.1) is 0 Å². The molecule has 5 nitrogen and oxygen atoms in total. The molecule has 0 saturated carbocycles. The maximum Gasteiger partial charge on any atom is 0.415 e. The number of benzene rings is 1. The molecule has 0 aliphatic rings. The summed E-state index contributed by atoms with van der Waals surface area (Å²) < 4.78 is 5.31. The predicted octanol–water partition coefficient (Wildman–Crippen LogP) is 4.31. The van der Waals surface area contributed by atoms with Crippen LogP contribution in [0.3, 0.4) is 0 Å². The highest BCUT2D eigenvalue weighted by Gasteiger charge is 2.26. The second-order valence-corrected chi connectivity index (χ2v) is 5.71. The first-order chi connectivity index (χ1) is 9.29. The number of carbonyl (C=O) groups excluding carboxylic acids is 1. The van der Waals surface area contributed by atoms with Crippen LogP contribution in [-0.2, 0) is 0 Å². The second-order valence-electron chi connectivity index (χ2n) is 5.30. The molecule has 1 amide bonds. The SMILES string of the molecule is CCN(C(=O)Oc1cccc(C(Cl)N=O)c1)C(C)(C)C. The normalized spacial score (nSPS) is 12.7. The van der Waals surface area contributed by atoms with E-state index in [-0.39, 0.29) is 5.54 Å². The van der Waals surface area contributed by atoms with Crippen LogP contribution < -0.4 is 4.74 Å². The largest absolute Gasteiger partial charge is 0.415 e. The molecule has 0 saturated heterocycles. The molecule has 0 heterocycles. The Kier molecular flexibility index (Phi) is 5.51. The lowest BCUT2D eigenvalue weighted by Gasteiger charge is -2.33. The highest BCUT2D eigenvalue weighted by atomic mass is 35.5. The van der Waals surface area contributed by atoms with Crippen LogP contribution in [0.25, 0.3) is 0 Å². The Bertz CT molecular complexity index is 486. The molecule has 1 aromatic rings. The van der Waals surface area contributed by atoms with Crippen LogP contribution in [-0.4, -0.2) is 23.1 Å². The molecule has 6 heteroatoms. The van der Waals surface area contributed by atoms with Gasteiger partial charge in [-0.3, -0.25) is 0 Å². The van der Waals surface area contributed by atoms with Crippen molar-refractivity contribution in [3.8, 4) is 5.75 Å². The highest BCUT2D eigenvalue weighted by molar-refractivity contribution is 6.20. The van der Waals surface area contributed by atoms with Gasteiger partial charge in [-0.05, 0) is 50.6 Å². The molecular formula is C14H19ClN2O3. The average molecular weight is 299 g/mol. The van der Waals surface area contributed by atoms with Gasteiger partial charge in [-0.15, -0.1) is 4.91 Å². The van der Waals surface area contributed by atoms with E-state index in [1.54, 1.807) is 23.1 Å². The van der Waals surface area contributed by atoms with Gasteiger partial charge >= 0.3 is 6.09 Å². The fourth-order valence-electron chi connectivity index (χ4n) is 1.82. The monoisotopic (exact) mass is 298 g/mol. The molecule has 1 unspecified atom stereocenters. The van der Waals surface area contributed by atoms with E-state index < -0.39 is 11.6 Å². The molecular weight excluding hydrogens is 280 g/mol. The van der Waals surface area contributed by atoms with Gasteiger partial charge in [-0.1, -0.05) is 23.7 Å². The lowest BCUT2D eigenvalue weighted by molar-refractivity contribution is 0.110. The van der Waals surface area contributed by atoms with Crippen molar-refractivity contribution in [2.75, 3.05) is 6.54 Å². The molecule has 20 heavy (non-hydrogen) atoms. The number of nitrogens with zero attached hydrogens (tertiary/aromatic N) is 2. The lowest BCUT2D eigenvalue weighted by Crippen LogP contribution is -2.46. The summed E-state index contributed by atoms with van der Waals surface area (Å²) in [7, 11) is 0. The van der Waals surface area contributed by atoms with Gasteiger partial charge in [0.15, 0.2) is 5.50 Å². The van der Waals surface area contributed by atoms with Gasteiger partial charge in [0, 0.05) is 12.1 Å². The summed E-state index contributed by atoms with van der Waals surface area (Å²) in [6, 6.07) is 6.48. The molecule has 0 aromatic heterocycles. The van der Waals surface area contributed by atoms with Crippen LogP contribution in [0.1, 0.15) is 38.8 Å². The zero-order valence-electron chi connectivity index (χ0n) is 12.1. The standard InChI is InChI=1S/C14H19ClN2O3/c1-5-17(14(2,3)4)13(18)20-11-8-6-7-10(9-11)12(15)16-19/h6-9,12H,5H2,1-4H3. The van der Waals surface area contributed by atoms with E-state index in [1.807, 2.05) is 27.7 Å². The number of hydrogen-bond acceptors (Lipinski definition) is 4. The van der Waals surface area contributed by atoms with Crippen molar-refractivity contribution in [2.24, 2.45) is 5.18 Å². The topological polar surface area (TPSA) is 59.0 Å². The van der Waals surface area contributed by atoms with Crippen molar-refractivity contribution < 1.29 is 9.53 Å². The maximum atomic E-state index is 12.1. The lowest BCUT2D eigenvalue weighted by atomic mass is 10.1. The Morgan fingerprint density at radius 3 is 2.60 bits per heavy atom. The Balaban J connectivity index is 2.88. The second kappa shape index (κ2) is 6.70. The molecule has 110 valence electrons. The first-order valence-electron chi connectivity index (χ1n) is 6.35. The van der Waals surface area contributed by atoms with Crippen LogP contribution in [0.5, 0.6) is 5.75 Å². The molecule has 0 bridgehead atoms. The third-order valence-electron chi connectivity index (χ3n) is 2.78. The van der Waals surface area contributed by atoms with E-state index in [4.69, 9.17) is 16.3 Å². The van der Waals surface area contributed by atoms with E-state index in [0.717, 1.165) is 0 Å². The van der Waals surface area contributed by atoms with Crippen LogP contribution >= 0.6 is 11.6 Å². The van der Waals surface area contributed by atoms with E-state index in [1.165, 1.54) is 6.07 Å². The summed E-state index contributed by atoms with van der Waals surface area (Å²) >= 11 is 5.73. The Morgan fingerprint density at radius 1 is 1.45 bits per heavy atom. The molecule has 0 radical (unpaired) electrons. The first kappa shape index (κ1) is 16.4. The average Bonchev–Trinajstić information content (AvgIpc) is 2.37. The van der Waals surface area contributed by atoms with E-state index in [2.05, 4.69) is 5.18 Å². The van der Waals surface area contributed by atoms with Crippen LogP contribution in [0, 0.1) is 4.91 Å². The fraction of sp³-hybridized carbons (Fsp3) is 0.500. The molecule has 1 atom stereocenters. The molecule has 1 rings (SSSR count). The molecule has 0 fully saturated rings. The van der Waals surface area contributed by atoms with Crippen molar-refractivity contribution in [3.05, 3.63) is 34.7 Å². The van der Waals surface area contributed by atoms with E-state index >= 15 is 0 Å². The Hall–Kier alpha value is -1.62. The van der Waals surface area contributed by atoms with Crippen molar-refractivity contribution in [1.29, 1.82) is 0 Å². The van der Waals surface area contributed by atoms with Gasteiger partial charge < -0.3 is 9.64 Å². The van der Waals surface area contributed by atoms with Gasteiger partial charge in [0.25, 0.3) is 0 Å². The van der Waals surface area contributed by atoms with E-state index in [0.29, 0.717) is 17.9 Å². The predicted molar refractivity (Wildman–Crippen MR) is 79.0 cm³/mol. The molecule has 0 spiro atoms. The molecule has 0 aliphatic carbocycles. The van der Waals surface area contributed by atoms with Gasteiger partial charge in [-0.2, -0.15) is 0 Å². The number of carbonyl (C=O) groups is 1. The first-order valence-corrected chi connectivity index (χ1v) is 6.79. The minimum absolute atomic E-state index is 0.331. The summed E-state index contributed by atoms with van der Waals surface area (Å²) in [6.07, 6.45) is -0.442. The fourth-order valence-corrected chi connectivity index (χ4v) is 1.96. The third-order valence-corrected chi connectivity index (χ3v) is 3.11. The van der Waals surface area contributed by atoms with Crippen molar-refractivity contribution in [1.82, 2.24) is 4.90 Å². The maximum absolute atomic E-state index is 12.1. The minimum Gasteiger partial charge on any atom is -0.410 e. The summed E-state index contributed by atoms with van der Waals surface area (Å²) in [5.74, 6) is 0.338. The quantitative estimate of drug-likeness (QED) is 0.473. The number of nitroso groups, excluding NO2 is 1. The van der Waals surface area contributed by atoms with Crippen LogP contribution in [0.15, 0.2) is 29.4 Å². The van der Waals surface area contributed by atoms with E-state index in [9.17, 15) is 9.70 Å². The number of halogens is 1. The van der Waals surface area contributed by atoms with Crippen molar-refractivity contribution in [3.63, 3.8) is 0 Å². The van der Waals surface area contributed by atoms with Gasteiger partial charge in [0.2, 0.25) is 0 Å².